The van der Waals surface area contributed by atoms with Crippen molar-refractivity contribution in [3.63, 3.8) is 0 Å². The highest BCUT2D eigenvalue weighted by molar-refractivity contribution is 7.89. The summed E-state index contributed by atoms with van der Waals surface area (Å²) in [6.07, 6.45) is 6.33. The van der Waals surface area contributed by atoms with Crippen LogP contribution in [0.1, 0.15) is 45.4 Å². The molecule has 3 fully saturated rings. The van der Waals surface area contributed by atoms with E-state index in [1.165, 1.54) is 14.0 Å². The summed E-state index contributed by atoms with van der Waals surface area (Å²) in [6.45, 7) is 1.41. The molecule has 3 aliphatic carbocycles. The molecule has 0 amide bonds. The number of rotatable bonds is 5. The van der Waals surface area contributed by atoms with Crippen LogP contribution in [0, 0.1) is 11.3 Å². The zero-order chi connectivity index (χ0) is 14.3. The molecule has 6 heteroatoms. The third-order valence-electron chi connectivity index (χ3n) is 5.08. The fourth-order valence-corrected chi connectivity index (χ4v) is 5.42. The molecule has 3 saturated carbocycles. The second-order valence-corrected chi connectivity index (χ2v) is 8.30. The minimum atomic E-state index is -3.50. The first kappa shape index (κ1) is 14.8. The smallest absolute Gasteiger partial charge is 0.321 e. The number of likely N-dealkylation sites (N-methyl/N-ethyl adjacent to an activating group) is 1. The van der Waals surface area contributed by atoms with Crippen molar-refractivity contribution < 1.29 is 18.3 Å². The SMILES string of the molecule is CC(C(=O)O)N(C)S(=O)(=O)CC12CCC(CC1)CC2. The van der Waals surface area contributed by atoms with E-state index in [4.69, 9.17) is 5.11 Å². The third kappa shape index (κ3) is 2.94. The topological polar surface area (TPSA) is 74.7 Å². The van der Waals surface area contributed by atoms with Crippen LogP contribution in [-0.2, 0) is 14.8 Å². The molecule has 19 heavy (non-hydrogen) atoms. The van der Waals surface area contributed by atoms with E-state index in [2.05, 4.69) is 0 Å². The van der Waals surface area contributed by atoms with Gasteiger partial charge in [0, 0.05) is 7.05 Å². The van der Waals surface area contributed by atoms with E-state index < -0.39 is 22.0 Å². The largest absolute Gasteiger partial charge is 0.480 e. The van der Waals surface area contributed by atoms with E-state index in [0.29, 0.717) is 0 Å². The van der Waals surface area contributed by atoms with Crippen LogP contribution >= 0.6 is 0 Å². The number of hydrogen-bond acceptors (Lipinski definition) is 3. The summed E-state index contributed by atoms with van der Waals surface area (Å²) in [5, 5.41) is 8.94. The molecule has 0 heterocycles. The first-order valence-corrected chi connectivity index (χ1v) is 8.55. The van der Waals surface area contributed by atoms with Crippen molar-refractivity contribution in [3.05, 3.63) is 0 Å². The molecule has 0 aliphatic heterocycles. The zero-order valence-electron chi connectivity index (χ0n) is 11.6. The summed E-state index contributed by atoms with van der Waals surface area (Å²) >= 11 is 0. The van der Waals surface area contributed by atoms with Crippen LogP contribution < -0.4 is 0 Å². The zero-order valence-corrected chi connectivity index (χ0v) is 12.4. The molecular weight excluding hydrogens is 266 g/mol. The molecule has 1 atom stereocenters. The number of hydrogen-bond donors (Lipinski definition) is 1. The molecule has 0 aromatic carbocycles. The lowest BCUT2D eigenvalue weighted by molar-refractivity contribution is -0.140. The van der Waals surface area contributed by atoms with Crippen LogP contribution in [0.2, 0.25) is 0 Å². The molecule has 0 saturated heterocycles. The first-order valence-electron chi connectivity index (χ1n) is 6.94. The molecular formula is C13H23NO4S. The van der Waals surface area contributed by atoms with Crippen LogP contribution in [0.3, 0.4) is 0 Å². The van der Waals surface area contributed by atoms with Crippen LogP contribution in [0.15, 0.2) is 0 Å². The number of sulfonamides is 1. The van der Waals surface area contributed by atoms with Gasteiger partial charge in [-0.1, -0.05) is 0 Å². The van der Waals surface area contributed by atoms with E-state index in [1.807, 2.05) is 0 Å². The van der Waals surface area contributed by atoms with Gasteiger partial charge in [-0.3, -0.25) is 4.79 Å². The minimum absolute atomic E-state index is 0.0972. The summed E-state index contributed by atoms with van der Waals surface area (Å²) in [5.74, 6) is -0.197. The van der Waals surface area contributed by atoms with Gasteiger partial charge in [-0.15, -0.1) is 0 Å². The van der Waals surface area contributed by atoms with E-state index in [1.54, 1.807) is 0 Å². The van der Waals surface area contributed by atoms with Crippen LogP contribution in [0.25, 0.3) is 0 Å². The summed E-state index contributed by atoms with van der Waals surface area (Å²) in [4.78, 5) is 10.9. The van der Waals surface area contributed by atoms with Crippen LogP contribution in [-0.4, -0.2) is 42.6 Å². The Kier molecular flexibility index (Phi) is 3.93. The Hall–Kier alpha value is -0.620. The number of nitrogens with zero attached hydrogens (tertiary/aromatic N) is 1. The lowest BCUT2D eigenvalue weighted by Gasteiger charge is -2.46. The fourth-order valence-electron chi connectivity index (χ4n) is 3.44. The first-order chi connectivity index (χ1) is 8.76. The normalized spacial score (nSPS) is 32.5. The van der Waals surface area contributed by atoms with Gasteiger partial charge in [-0.2, -0.15) is 4.31 Å². The van der Waals surface area contributed by atoms with Crippen molar-refractivity contribution in [1.29, 1.82) is 0 Å². The maximum Gasteiger partial charge on any atom is 0.321 e. The summed E-state index contributed by atoms with van der Waals surface area (Å²) in [5.41, 5.74) is -0.0972. The van der Waals surface area contributed by atoms with Gasteiger partial charge < -0.3 is 5.11 Å². The predicted octanol–water partition coefficient (Wildman–Crippen LogP) is 1.69. The fraction of sp³-hybridized carbons (Fsp3) is 0.923. The maximum absolute atomic E-state index is 12.4. The minimum Gasteiger partial charge on any atom is -0.480 e. The van der Waals surface area contributed by atoms with Crippen LogP contribution in [0.5, 0.6) is 0 Å². The van der Waals surface area contributed by atoms with Crippen molar-refractivity contribution in [2.24, 2.45) is 11.3 Å². The lowest BCUT2D eigenvalue weighted by atomic mass is 9.62. The highest BCUT2D eigenvalue weighted by Crippen LogP contribution is 2.51. The van der Waals surface area contributed by atoms with E-state index in [-0.39, 0.29) is 11.2 Å². The van der Waals surface area contributed by atoms with Crippen LogP contribution in [0.4, 0.5) is 0 Å². The van der Waals surface area contributed by atoms with Crippen molar-refractivity contribution in [2.75, 3.05) is 12.8 Å². The molecule has 5 nitrogen and oxygen atoms in total. The Labute approximate surface area is 115 Å². The van der Waals surface area contributed by atoms with E-state index >= 15 is 0 Å². The Morgan fingerprint density at radius 2 is 1.79 bits per heavy atom. The Morgan fingerprint density at radius 1 is 1.32 bits per heavy atom. The number of fused-ring (bicyclic) bond motifs is 3. The molecule has 1 N–H and O–H groups in total. The molecule has 110 valence electrons. The van der Waals surface area contributed by atoms with Gasteiger partial charge in [0.15, 0.2) is 0 Å². The van der Waals surface area contributed by atoms with Gasteiger partial charge in [0.25, 0.3) is 0 Å². The molecule has 1 unspecified atom stereocenters. The second kappa shape index (κ2) is 5.05. The second-order valence-electron chi connectivity index (χ2n) is 6.27. The van der Waals surface area contributed by atoms with Crippen molar-refractivity contribution in [2.45, 2.75) is 51.5 Å². The number of carboxylic acids is 1. The number of aliphatic carboxylic acids is 1. The van der Waals surface area contributed by atoms with E-state index in [9.17, 15) is 13.2 Å². The van der Waals surface area contributed by atoms with Crippen molar-refractivity contribution >= 4 is 16.0 Å². The predicted molar refractivity (Wildman–Crippen MR) is 72.3 cm³/mol. The Bertz CT molecular complexity index is 437. The Balaban J connectivity index is 2.10. The lowest BCUT2D eigenvalue weighted by Crippen LogP contribution is -2.47. The van der Waals surface area contributed by atoms with Gasteiger partial charge >= 0.3 is 5.97 Å². The number of carboxylic acid groups (broad SMARTS) is 1. The van der Waals surface area contributed by atoms with Gasteiger partial charge in [0.1, 0.15) is 6.04 Å². The summed E-state index contributed by atoms with van der Waals surface area (Å²) in [6, 6.07) is -0.999. The van der Waals surface area contributed by atoms with E-state index in [0.717, 1.165) is 48.7 Å². The molecule has 3 aliphatic rings. The summed E-state index contributed by atoms with van der Waals surface area (Å²) < 4.78 is 25.8. The summed E-state index contributed by atoms with van der Waals surface area (Å²) in [7, 11) is -2.12. The highest BCUT2D eigenvalue weighted by atomic mass is 32.2. The Morgan fingerprint density at radius 3 is 2.21 bits per heavy atom. The molecule has 2 bridgehead atoms. The van der Waals surface area contributed by atoms with Gasteiger partial charge in [-0.25, -0.2) is 8.42 Å². The highest BCUT2D eigenvalue weighted by Gasteiger charge is 2.44. The standard InChI is InChI=1S/C13H23NO4S/c1-10(12(15)16)14(2)19(17,18)9-13-6-3-11(4-7-13)5-8-13/h10-11H,3-9H2,1-2H3,(H,15,16). The van der Waals surface area contributed by atoms with Crippen molar-refractivity contribution in [1.82, 2.24) is 4.31 Å². The average molecular weight is 289 g/mol. The quantitative estimate of drug-likeness (QED) is 0.835. The molecule has 0 radical (unpaired) electrons. The van der Waals surface area contributed by atoms with Gasteiger partial charge in [-0.05, 0) is 56.8 Å². The molecule has 3 rings (SSSR count). The van der Waals surface area contributed by atoms with Gasteiger partial charge in [0.05, 0.1) is 5.75 Å². The molecule has 0 spiro atoms. The van der Waals surface area contributed by atoms with Crippen molar-refractivity contribution in [3.8, 4) is 0 Å². The maximum atomic E-state index is 12.4. The number of carbonyl (C=O) groups is 1. The monoisotopic (exact) mass is 289 g/mol. The molecule has 0 aromatic rings. The van der Waals surface area contributed by atoms with Gasteiger partial charge in [0.2, 0.25) is 10.0 Å². The third-order valence-corrected chi connectivity index (χ3v) is 7.25. The molecule has 0 aromatic heterocycles. The average Bonchev–Trinajstić information content (AvgIpc) is 2.37.